The summed E-state index contributed by atoms with van der Waals surface area (Å²) in [5.74, 6) is 0.772. The summed E-state index contributed by atoms with van der Waals surface area (Å²) in [5.41, 5.74) is 2.48. The molecular formula is C25H31FN2O3. The first-order valence-electron chi connectivity index (χ1n) is 11.1. The molecule has 2 N–H and O–H groups in total. The zero-order chi connectivity index (χ0) is 21.6. The molecule has 0 radical (unpaired) electrons. The van der Waals surface area contributed by atoms with Gasteiger partial charge in [0.1, 0.15) is 12.4 Å². The fraction of sp³-hybridized carbons (Fsp3) is 0.440. The monoisotopic (exact) mass is 426 g/mol. The van der Waals surface area contributed by atoms with Crippen LogP contribution in [0.4, 0.5) is 4.39 Å². The van der Waals surface area contributed by atoms with Crippen molar-refractivity contribution >= 4 is 10.9 Å². The fourth-order valence-corrected chi connectivity index (χ4v) is 3.76. The van der Waals surface area contributed by atoms with E-state index in [-0.39, 0.29) is 24.6 Å². The molecule has 4 rings (SSSR count). The number of halogens is 1. The van der Waals surface area contributed by atoms with E-state index >= 15 is 0 Å². The minimum Gasteiger partial charge on any atom is -0.488 e. The highest BCUT2D eigenvalue weighted by Crippen LogP contribution is 2.34. The van der Waals surface area contributed by atoms with Gasteiger partial charge in [-0.15, -0.1) is 0 Å². The minimum atomic E-state index is -0.319. The predicted octanol–water partition coefficient (Wildman–Crippen LogP) is 4.30. The van der Waals surface area contributed by atoms with E-state index in [9.17, 15) is 4.39 Å². The summed E-state index contributed by atoms with van der Waals surface area (Å²) < 4.78 is 27.4. The van der Waals surface area contributed by atoms with Gasteiger partial charge < -0.3 is 24.5 Å². The van der Waals surface area contributed by atoms with Crippen molar-refractivity contribution in [2.24, 2.45) is 0 Å². The van der Waals surface area contributed by atoms with Crippen LogP contribution in [0, 0.1) is 5.82 Å². The zero-order valence-corrected chi connectivity index (χ0v) is 18.0. The first kappa shape index (κ1) is 21.7. The molecule has 5 nitrogen and oxygen atoms in total. The van der Waals surface area contributed by atoms with E-state index in [1.165, 1.54) is 28.6 Å². The van der Waals surface area contributed by atoms with Crippen LogP contribution in [0.2, 0.25) is 0 Å². The Kier molecular flexibility index (Phi) is 7.10. The molecule has 0 aliphatic heterocycles. The zero-order valence-electron chi connectivity index (χ0n) is 18.0. The van der Waals surface area contributed by atoms with Crippen LogP contribution in [0.15, 0.2) is 48.7 Å². The Morgan fingerprint density at radius 1 is 1.16 bits per heavy atom. The van der Waals surface area contributed by atoms with Crippen molar-refractivity contribution in [3.05, 3.63) is 60.0 Å². The summed E-state index contributed by atoms with van der Waals surface area (Å²) in [5, 5.41) is 13.7. The molecule has 1 aromatic heterocycles. The van der Waals surface area contributed by atoms with Gasteiger partial charge in [0, 0.05) is 43.5 Å². The second kappa shape index (κ2) is 10.2. The molecule has 0 spiro atoms. The Hall–Kier alpha value is -2.57. The van der Waals surface area contributed by atoms with Crippen LogP contribution in [0.1, 0.15) is 31.7 Å². The summed E-state index contributed by atoms with van der Waals surface area (Å²) >= 11 is 0. The lowest BCUT2D eigenvalue weighted by Crippen LogP contribution is -2.31. The molecule has 1 aliphatic rings. The summed E-state index contributed by atoms with van der Waals surface area (Å²) in [7, 11) is 0. The van der Waals surface area contributed by atoms with Gasteiger partial charge in [0.05, 0.1) is 6.10 Å². The normalized spacial score (nSPS) is 14.7. The number of rotatable bonds is 12. The standard InChI is InChI=1S/C25H31FN2O3/c1-18(15-19-3-7-23-20(16-19)9-12-28(23)11-2-13-29)27-10-14-30-25-17-21(26)4-8-24(25)31-22-5-6-22/h3-4,7-9,12,16-18,22,27,29H,2,5-6,10-11,13-15H2,1H3/t18-/m1/s1. The number of ether oxygens (including phenoxy) is 2. The fourth-order valence-electron chi connectivity index (χ4n) is 3.76. The van der Waals surface area contributed by atoms with Gasteiger partial charge in [0.15, 0.2) is 11.5 Å². The van der Waals surface area contributed by atoms with Gasteiger partial charge in [-0.2, -0.15) is 0 Å². The molecule has 1 atom stereocenters. The number of hydrogen-bond donors (Lipinski definition) is 2. The molecule has 1 saturated carbocycles. The van der Waals surface area contributed by atoms with Crippen LogP contribution in [-0.4, -0.2) is 41.6 Å². The first-order chi connectivity index (χ1) is 15.1. The second-order valence-corrected chi connectivity index (χ2v) is 8.30. The van der Waals surface area contributed by atoms with Gasteiger partial charge in [-0.3, -0.25) is 0 Å². The molecule has 3 aromatic rings. The Morgan fingerprint density at radius 2 is 2.03 bits per heavy atom. The summed E-state index contributed by atoms with van der Waals surface area (Å²) in [6, 6.07) is 13.4. The van der Waals surface area contributed by atoms with E-state index in [1.54, 1.807) is 6.07 Å². The van der Waals surface area contributed by atoms with E-state index < -0.39 is 0 Å². The largest absolute Gasteiger partial charge is 0.488 e. The molecule has 1 aliphatic carbocycles. The number of aryl methyl sites for hydroxylation is 1. The van der Waals surface area contributed by atoms with E-state index in [4.69, 9.17) is 14.6 Å². The molecule has 0 unspecified atom stereocenters. The number of aromatic nitrogens is 1. The van der Waals surface area contributed by atoms with Gasteiger partial charge in [-0.1, -0.05) is 6.07 Å². The average molecular weight is 427 g/mol. The summed E-state index contributed by atoms with van der Waals surface area (Å²) in [6.07, 6.45) is 6.10. The van der Waals surface area contributed by atoms with Gasteiger partial charge in [0.2, 0.25) is 0 Å². The van der Waals surface area contributed by atoms with E-state index in [2.05, 4.69) is 47.3 Å². The quantitative estimate of drug-likeness (QED) is 0.424. The highest BCUT2D eigenvalue weighted by atomic mass is 19.1. The van der Waals surface area contributed by atoms with Crippen molar-refractivity contribution in [3.8, 4) is 11.5 Å². The van der Waals surface area contributed by atoms with Crippen LogP contribution in [0.5, 0.6) is 11.5 Å². The van der Waals surface area contributed by atoms with Crippen molar-refractivity contribution in [2.45, 2.75) is 51.3 Å². The van der Waals surface area contributed by atoms with Crippen molar-refractivity contribution in [1.29, 1.82) is 0 Å². The molecule has 2 aromatic carbocycles. The van der Waals surface area contributed by atoms with Gasteiger partial charge in [-0.05, 0) is 73.9 Å². The summed E-state index contributed by atoms with van der Waals surface area (Å²) in [4.78, 5) is 0. The number of nitrogens with zero attached hydrogens (tertiary/aromatic N) is 1. The summed E-state index contributed by atoms with van der Waals surface area (Å²) in [6.45, 7) is 4.30. The molecule has 1 fully saturated rings. The maximum atomic E-state index is 13.6. The lowest BCUT2D eigenvalue weighted by molar-refractivity contribution is 0.256. The second-order valence-electron chi connectivity index (χ2n) is 8.30. The highest BCUT2D eigenvalue weighted by molar-refractivity contribution is 5.80. The maximum Gasteiger partial charge on any atom is 0.164 e. The minimum absolute atomic E-state index is 0.207. The van der Waals surface area contributed by atoms with Crippen LogP contribution in [-0.2, 0) is 13.0 Å². The topological polar surface area (TPSA) is 55.7 Å². The Balaban J connectivity index is 1.25. The molecule has 6 heteroatoms. The Labute approximate surface area is 182 Å². The van der Waals surface area contributed by atoms with Gasteiger partial charge in [0.25, 0.3) is 0 Å². The third-order valence-electron chi connectivity index (χ3n) is 5.51. The lowest BCUT2D eigenvalue weighted by Gasteiger charge is -2.16. The molecule has 0 amide bonds. The average Bonchev–Trinajstić information content (AvgIpc) is 3.49. The number of nitrogens with one attached hydrogen (secondary N) is 1. The Bertz CT molecular complexity index is 1000. The lowest BCUT2D eigenvalue weighted by atomic mass is 10.1. The van der Waals surface area contributed by atoms with Crippen LogP contribution < -0.4 is 14.8 Å². The molecule has 166 valence electrons. The molecular weight excluding hydrogens is 395 g/mol. The third kappa shape index (κ3) is 5.99. The number of aliphatic hydroxyl groups excluding tert-OH is 1. The van der Waals surface area contributed by atoms with Crippen molar-refractivity contribution < 1.29 is 19.0 Å². The smallest absolute Gasteiger partial charge is 0.164 e. The number of benzene rings is 2. The molecule has 0 bridgehead atoms. The van der Waals surface area contributed by atoms with Gasteiger partial charge in [-0.25, -0.2) is 4.39 Å². The van der Waals surface area contributed by atoms with Crippen LogP contribution >= 0.6 is 0 Å². The van der Waals surface area contributed by atoms with Crippen LogP contribution in [0.25, 0.3) is 10.9 Å². The van der Waals surface area contributed by atoms with E-state index in [0.717, 1.165) is 32.2 Å². The van der Waals surface area contributed by atoms with Gasteiger partial charge >= 0.3 is 0 Å². The number of aliphatic hydroxyl groups is 1. The van der Waals surface area contributed by atoms with Crippen molar-refractivity contribution in [3.63, 3.8) is 0 Å². The third-order valence-corrected chi connectivity index (χ3v) is 5.51. The van der Waals surface area contributed by atoms with E-state index in [1.807, 2.05) is 0 Å². The predicted molar refractivity (Wildman–Crippen MR) is 120 cm³/mol. The van der Waals surface area contributed by atoms with Crippen LogP contribution in [0.3, 0.4) is 0 Å². The first-order valence-corrected chi connectivity index (χ1v) is 11.1. The Morgan fingerprint density at radius 3 is 2.84 bits per heavy atom. The van der Waals surface area contributed by atoms with Crippen molar-refractivity contribution in [1.82, 2.24) is 9.88 Å². The SMILES string of the molecule is C[C@H](Cc1ccc2c(ccn2CCCO)c1)NCCOc1cc(F)ccc1OC1CC1. The molecule has 31 heavy (non-hydrogen) atoms. The van der Waals surface area contributed by atoms with Crippen molar-refractivity contribution in [2.75, 3.05) is 19.8 Å². The number of fused-ring (bicyclic) bond motifs is 1. The van der Waals surface area contributed by atoms with E-state index in [0.29, 0.717) is 24.7 Å². The number of hydrogen-bond acceptors (Lipinski definition) is 4. The highest BCUT2D eigenvalue weighted by Gasteiger charge is 2.25. The molecule has 1 heterocycles. The molecule has 0 saturated heterocycles. The maximum absolute atomic E-state index is 13.6.